The van der Waals surface area contributed by atoms with Crippen molar-refractivity contribution in [3.8, 4) is 55.9 Å². The highest BCUT2D eigenvalue weighted by Gasteiger charge is 2.23. The number of anilines is 1. The van der Waals surface area contributed by atoms with Crippen LogP contribution < -0.4 is 5.32 Å². The molecule has 354 valence electrons. The Hall–Kier alpha value is -8.42. The fourth-order valence-corrected chi connectivity index (χ4v) is 11.4. The number of hydrogen-bond donors (Lipinski definition) is 3. The lowest BCUT2D eigenvalue weighted by molar-refractivity contribution is 1.12. The van der Waals surface area contributed by atoms with Crippen molar-refractivity contribution in [2.24, 2.45) is 0 Å². The van der Waals surface area contributed by atoms with Gasteiger partial charge in [0.15, 0.2) is 0 Å². The van der Waals surface area contributed by atoms with Gasteiger partial charge in [0.05, 0.1) is 34.2 Å². The molecule has 2 aliphatic heterocycles. The molecule has 5 aromatic heterocycles. The van der Waals surface area contributed by atoms with Crippen LogP contribution in [-0.2, 0) is 6.54 Å². The lowest BCUT2D eigenvalue weighted by Gasteiger charge is -2.14. The Labute approximate surface area is 422 Å². The Balaban J connectivity index is 1.17. The van der Waals surface area contributed by atoms with Gasteiger partial charge in [0, 0.05) is 68.9 Å². The molecule has 8 bridgehead atoms. The van der Waals surface area contributed by atoms with Gasteiger partial charge in [-0.25, -0.2) is 9.97 Å². The molecule has 11 rings (SSSR count). The molecule has 0 aliphatic carbocycles. The van der Waals surface area contributed by atoms with Gasteiger partial charge in [0.1, 0.15) is 0 Å². The van der Waals surface area contributed by atoms with Gasteiger partial charge in [-0.05, 0) is 221 Å². The number of nitrogens with zero attached hydrogens (tertiary/aromatic N) is 4. The standard InChI is InChI=1S/C65H59N7/c1-36-23-25-66-57(33-36)58-34-46(24-26-67-58)35-68-48-13-11-47(12-14-48)62-49-15-17-51(69-49)63(59-40(5)27-37(2)28-41(59)6)53-19-21-55(71-53)65(61-44(9)31-39(4)32-45(61)10)56-22-20-54(72-56)64(52-18-16-50(62)70-52)60-42(7)29-38(3)30-43(60)8/h11-34,68-69,72H,35H2,1-10H3. The molecule has 0 amide bonds. The summed E-state index contributed by atoms with van der Waals surface area (Å²) in [5.41, 5.74) is 32.3. The number of aryl methyl sites for hydroxylation is 10. The quantitative estimate of drug-likeness (QED) is 0.141. The Morgan fingerprint density at radius 2 is 0.736 bits per heavy atom. The first-order chi connectivity index (χ1) is 34.8. The van der Waals surface area contributed by atoms with E-state index in [0.717, 1.165) is 101 Å². The SMILES string of the molecule is Cc1ccnc(-c2cc(CNc3ccc(-c4c5nc(c(-c6c(C)cc(C)cc6C)c6ccc([nH]6)c(-c6c(C)cc(C)cc6C)c6nc(c(-c7c(C)cc(C)cc7C)c7ccc4[nH]7)C=C6)C=C5)cc3)ccn2)c1. The first-order valence-corrected chi connectivity index (χ1v) is 24.9. The third-order valence-corrected chi connectivity index (χ3v) is 14.2. The average Bonchev–Trinajstić information content (AvgIpc) is 4.19. The number of aromatic amines is 2. The minimum absolute atomic E-state index is 0.638. The van der Waals surface area contributed by atoms with Gasteiger partial charge in [-0.2, -0.15) is 0 Å². The Morgan fingerprint density at radius 3 is 1.15 bits per heavy atom. The Morgan fingerprint density at radius 1 is 0.361 bits per heavy atom. The summed E-state index contributed by atoms with van der Waals surface area (Å²) in [6.45, 7) is 22.5. The van der Waals surface area contributed by atoms with Crippen molar-refractivity contribution >= 4 is 52.1 Å². The third-order valence-electron chi connectivity index (χ3n) is 14.2. The zero-order valence-electron chi connectivity index (χ0n) is 42.9. The molecule has 7 heteroatoms. The molecule has 0 radical (unpaired) electrons. The average molecular weight is 938 g/mol. The van der Waals surface area contributed by atoms with Gasteiger partial charge in [0.25, 0.3) is 0 Å². The number of nitrogens with one attached hydrogen (secondary N) is 3. The van der Waals surface area contributed by atoms with E-state index in [4.69, 9.17) is 9.97 Å². The summed E-state index contributed by atoms with van der Waals surface area (Å²) in [6, 6.07) is 39.5. The smallest absolute Gasteiger partial charge is 0.0889 e. The largest absolute Gasteiger partial charge is 0.381 e. The lowest BCUT2D eigenvalue weighted by Crippen LogP contribution is -2.00. The van der Waals surface area contributed by atoms with Gasteiger partial charge in [-0.1, -0.05) is 65.2 Å². The Bertz CT molecular complexity index is 3790. The number of aromatic nitrogens is 6. The van der Waals surface area contributed by atoms with Crippen molar-refractivity contribution in [1.82, 2.24) is 29.9 Å². The summed E-state index contributed by atoms with van der Waals surface area (Å²) >= 11 is 0. The molecule has 9 aromatic rings. The summed E-state index contributed by atoms with van der Waals surface area (Å²) in [4.78, 5) is 28.5. The fraction of sp³-hybridized carbons (Fsp3) is 0.169. The van der Waals surface area contributed by atoms with E-state index in [-0.39, 0.29) is 0 Å². The van der Waals surface area contributed by atoms with Crippen LogP contribution in [0.3, 0.4) is 0 Å². The Kier molecular flexibility index (Phi) is 11.8. The van der Waals surface area contributed by atoms with Crippen molar-refractivity contribution < 1.29 is 0 Å². The second kappa shape index (κ2) is 18.4. The maximum atomic E-state index is 5.65. The van der Waals surface area contributed by atoms with Crippen LogP contribution in [0.1, 0.15) is 84.0 Å². The van der Waals surface area contributed by atoms with Crippen LogP contribution in [0.25, 0.3) is 102 Å². The van der Waals surface area contributed by atoms with Gasteiger partial charge < -0.3 is 15.3 Å². The molecule has 72 heavy (non-hydrogen) atoms. The summed E-state index contributed by atoms with van der Waals surface area (Å²) in [7, 11) is 0. The first-order valence-electron chi connectivity index (χ1n) is 24.9. The van der Waals surface area contributed by atoms with E-state index in [9.17, 15) is 0 Å². The predicted molar refractivity (Wildman–Crippen MR) is 303 cm³/mol. The van der Waals surface area contributed by atoms with E-state index in [1.54, 1.807) is 0 Å². The maximum absolute atomic E-state index is 5.65. The monoisotopic (exact) mass is 937 g/mol. The molecule has 2 aliphatic rings. The molecule has 0 unspecified atom stereocenters. The normalized spacial score (nSPS) is 12.0. The molecular formula is C65H59N7. The number of benzene rings is 4. The highest BCUT2D eigenvalue weighted by Crippen LogP contribution is 2.42. The van der Waals surface area contributed by atoms with Crippen LogP contribution in [0.2, 0.25) is 0 Å². The van der Waals surface area contributed by atoms with E-state index in [1.807, 2.05) is 18.5 Å². The van der Waals surface area contributed by atoms with Crippen LogP contribution in [0.5, 0.6) is 0 Å². The summed E-state index contributed by atoms with van der Waals surface area (Å²) in [5.74, 6) is 0. The van der Waals surface area contributed by atoms with E-state index in [1.165, 1.54) is 66.8 Å². The van der Waals surface area contributed by atoms with Gasteiger partial charge in [0.2, 0.25) is 0 Å². The molecule has 0 spiro atoms. The van der Waals surface area contributed by atoms with E-state index >= 15 is 0 Å². The molecule has 3 N–H and O–H groups in total. The molecule has 0 saturated carbocycles. The maximum Gasteiger partial charge on any atom is 0.0889 e. The number of hydrogen-bond acceptors (Lipinski definition) is 5. The van der Waals surface area contributed by atoms with E-state index in [2.05, 4.69) is 222 Å². The van der Waals surface area contributed by atoms with Crippen molar-refractivity contribution in [1.29, 1.82) is 0 Å². The van der Waals surface area contributed by atoms with Gasteiger partial charge >= 0.3 is 0 Å². The lowest BCUT2D eigenvalue weighted by atomic mass is 9.92. The van der Waals surface area contributed by atoms with Crippen molar-refractivity contribution in [3.05, 3.63) is 206 Å². The van der Waals surface area contributed by atoms with Gasteiger partial charge in [-0.3, -0.25) is 9.97 Å². The second-order valence-electron chi connectivity index (χ2n) is 20.0. The minimum atomic E-state index is 0.638. The molecule has 7 heterocycles. The summed E-state index contributed by atoms with van der Waals surface area (Å²) in [5, 5.41) is 3.66. The van der Waals surface area contributed by atoms with Crippen LogP contribution in [0.4, 0.5) is 5.69 Å². The molecule has 0 fully saturated rings. The van der Waals surface area contributed by atoms with Gasteiger partial charge in [-0.15, -0.1) is 0 Å². The second-order valence-corrected chi connectivity index (χ2v) is 20.0. The molecule has 7 nitrogen and oxygen atoms in total. The number of H-pyrrole nitrogens is 2. The van der Waals surface area contributed by atoms with E-state index < -0.39 is 0 Å². The summed E-state index contributed by atoms with van der Waals surface area (Å²) < 4.78 is 0. The zero-order chi connectivity index (χ0) is 49.9. The molecular weight excluding hydrogens is 879 g/mol. The minimum Gasteiger partial charge on any atom is -0.381 e. The van der Waals surface area contributed by atoms with Crippen molar-refractivity contribution in [3.63, 3.8) is 0 Å². The van der Waals surface area contributed by atoms with Crippen LogP contribution >= 0.6 is 0 Å². The topological polar surface area (TPSA) is 95.2 Å². The molecule has 4 aromatic carbocycles. The van der Waals surface area contributed by atoms with Crippen LogP contribution in [-0.4, -0.2) is 29.9 Å². The highest BCUT2D eigenvalue weighted by molar-refractivity contribution is 6.01. The molecule has 0 atom stereocenters. The molecule has 0 saturated heterocycles. The number of pyridine rings is 2. The van der Waals surface area contributed by atoms with Crippen molar-refractivity contribution in [2.45, 2.75) is 75.8 Å². The van der Waals surface area contributed by atoms with Crippen LogP contribution in [0, 0.1) is 69.2 Å². The number of rotatable bonds is 8. The third kappa shape index (κ3) is 8.55. The van der Waals surface area contributed by atoms with E-state index in [0.29, 0.717) is 6.54 Å². The predicted octanol–water partition coefficient (Wildman–Crippen LogP) is 16.5. The fourth-order valence-electron chi connectivity index (χ4n) is 11.4. The van der Waals surface area contributed by atoms with Crippen molar-refractivity contribution in [2.75, 3.05) is 5.32 Å². The van der Waals surface area contributed by atoms with Crippen LogP contribution in [0.15, 0.2) is 122 Å². The number of fused-ring (bicyclic) bond motifs is 8. The first kappa shape index (κ1) is 46.0. The summed E-state index contributed by atoms with van der Waals surface area (Å²) in [6.07, 6.45) is 12.5. The zero-order valence-corrected chi connectivity index (χ0v) is 42.9. The highest BCUT2D eigenvalue weighted by atomic mass is 14.9.